The number of nitrogens with one attached hydrogen (secondary N) is 2. The van der Waals surface area contributed by atoms with Crippen molar-refractivity contribution < 1.29 is 27.9 Å². The van der Waals surface area contributed by atoms with Crippen LogP contribution in [-0.2, 0) is 12.6 Å². The first-order valence-electron chi connectivity index (χ1n) is 8.56. The van der Waals surface area contributed by atoms with Crippen LogP contribution in [0.2, 0.25) is 0 Å². The van der Waals surface area contributed by atoms with Gasteiger partial charge in [-0.2, -0.15) is 13.2 Å². The first kappa shape index (κ1) is 20.1. The lowest BCUT2D eigenvalue weighted by molar-refractivity contribution is -0.137. The minimum atomic E-state index is -4.48. The summed E-state index contributed by atoms with van der Waals surface area (Å²) in [4.78, 5) is 26.7. The molecule has 2 amide bonds. The van der Waals surface area contributed by atoms with Gasteiger partial charge in [0.25, 0.3) is 0 Å². The summed E-state index contributed by atoms with van der Waals surface area (Å²) in [6, 6.07) is 10.6. The molecule has 150 valence electrons. The van der Waals surface area contributed by atoms with Crippen LogP contribution < -0.4 is 10.6 Å². The molecular weight excluding hydrogens is 387 g/mol. The fourth-order valence-electron chi connectivity index (χ4n) is 2.73. The van der Waals surface area contributed by atoms with Crippen molar-refractivity contribution in [1.29, 1.82) is 0 Å². The van der Waals surface area contributed by atoms with Gasteiger partial charge in [0, 0.05) is 23.8 Å². The Kier molecular flexibility index (Phi) is 5.67. The maximum absolute atomic E-state index is 12.7. The van der Waals surface area contributed by atoms with E-state index < -0.39 is 23.7 Å². The standard InChI is InChI=1S/C20H16F3N3O3/c21-20(22,23)15-2-1-3-16(10-15)26-19(29)24-7-6-12-4-5-13-9-17(18(27)28)25-11-14(13)8-12/h1-5,8-11H,6-7H2,(H,27,28)(H2,24,26,29). The normalized spacial score (nSPS) is 11.3. The summed E-state index contributed by atoms with van der Waals surface area (Å²) in [7, 11) is 0. The number of aromatic nitrogens is 1. The van der Waals surface area contributed by atoms with Gasteiger partial charge in [0.05, 0.1) is 5.56 Å². The Hall–Kier alpha value is -3.62. The van der Waals surface area contributed by atoms with Crippen LogP contribution in [0, 0.1) is 0 Å². The van der Waals surface area contributed by atoms with E-state index in [4.69, 9.17) is 5.11 Å². The molecule has 3 aromatic rings. The van der Waals surface area contributed by atoms with E-state index in [1.165, 1.54) is 24.4 Å². The van der Waals surface area contributed by atoms with E-state index >= 15 is 0 Å². The highest BCUT2D eigenvalue weighted by Crippen LogP contribution is 2.30. The summed E-state index contributed by atoms with van der Waals surface area (Å²) in [5.74, 6) is -1.10. The van der Waals surface area contributed by atoms with Gasteiger partial charge < -0.3 is 15.7 Å². The lowest BCUT2D eigenvalue weighted by Gasteiger charge is -2.11. The first-order valence-corrected chi connectivity index (χ1v) is 8.56. The number of carboxylic acids is 1. The van der Waals surface area contributed by atoms with Crippen LogP contribution in [0.15, 0.2) is 54.7 Å². The van der Waals surface area contributed by atoms with Gasteiger partial charge in [-0.1, -0.05) is 18.2 Å². The molecule has 0 spiro atoms. The molecule has 0 bridgehead atoms. The number of carboxylic acid groups (broad SMARTS) is 1. The highest BCUT2D eigenvalue weighted by atomic mass is 19.4. The quantitative estimate of drug-likeness (QED) is 0.592. The van der Waals surface area contributed by atoms with E-state index in [9.17, 15) is 22.8 Å². The fraction of sp³-hybridized carbons (Fsp3) is 0.150. The molecule has 0 unspecified atom stereocenters. The second kappa shape index (κ2) is 8.17. The summed E-state index contributed by atoms with van der Waals surface area (Å²) >= 11 is 0. The summed E-state index contributed by atoms with van der Waals surface area (Å²) < 4.78 is 38.1. The van der Waals surface area contributed by atoms with Crippen molar-refractivity contribution in [3.05, 3.63) is 71.5 Å². The molecule has 9 heteroatoms. The van der Waals surface area contributed by atoms with Gasteiger partial charge in [0.15, 0.2) is 0 Å². The van der Waals surface area contributed by atoms with Crippen LogP contribution in [-0.4, -0.2) is 28.6 Å². The number of pyridine rings is 1. The summed E-state index contributed by atoms with van der Waals surface area (Å²) in [6.07, 6.45) is -2.53. The van der Waals surface area contributed by atoms with Crippen molar-refractivity contribution in [1.82, 2.24) is 10.3 Å². The van der Waals surface area contributed by atoms with Crippen molar-refractivity contribution >= 4 is 28.5 Å². The average molecular weight is 403 g/mol. The molecule has 0 aliphatic carbocycles. The summed E-state index contributed by atoms with van der Waals surface area (Å²) in [5, 5.41) is 15.4. The Morgan fingerprint density at radius 1 is 1.03 bits per heavy atom. The van der Waals surface area contributed by atoms with Crippen LogP contribution in [0.5, 0.6) is 0 Å². The number of nitrogens with zero attached hydrogens (tertiary/aromatic N) is 1. The molecule has 1 aromatic heterocycles. The molecule has 0 aliphatic heterocycles. The molecule has 29 heavy (non-hydrogen) atoms. The van der Waals surface area contributed by atoms with E-state index in [2.05, 4.69) is 15.6 Å². The van der Waals surface area contributed by atoms with Crippen LogP contribution in [0.25, 0.3) is 10.8 Å². The van der Waals surface area contributed by atoms with Crippen molar-refractivity contribution in [3.8, 4) is 0 Å². The lowest BCUT2D eigenvalue weighted by Crippen LogP contribution is -2.30. The van der Waals surface area contributed by atoms with Crippen molar-refractivity contribution in [2.45, 2.75) is 12.6 Å². The van der Waals surface area contributed by atoms with Crippen molar-refractivity contribution in [2.24, 2.45) is 0 Å². The van der Waals surface area contributed by atoms with Gasteiger partial charge in [0.2, 0.25) is 0 Å². The molecule has 6 nitrogen and oxygen atoms in total. The molecule has 0 fully saturated rings. The van der Waals surface area contributed by atoms with Gasteiger partial charge in [-0.25, -0.2) is 14.6 Å². The van der Waals surface area contributed by atoms with E-state index in [1.54, 1.807) is 12.1 Å². The van der Waals surface area contributed by atoms with E-state index in [1.807, 2.05) is 6.07 Å². The van der Waals surface area contributed by atoms with E-state index in [-0.39, 0.29) is 17.9 Å². The topological polar surface area (TPSA) is 91.3 Å². The number of amides is 2. The smallest absolute Gasteiger partial charge is 0.416 e. The lowest BCUT2D eigenvalue weighted by atomic mass is 10.1. The Labute approximate surface area is 163 Å². The molecule has 0 aliphatic rings. The van der Waals surface area contributed by atoms with Gasteiger partial charge in [-0.05, 0) is 47.7 Å². The van der Waals surface area contributed by atoms with Gasteiger partial charge >= 0.3 is 18.2 Å². The Morgan fingerprint density at radius 2 is 1.83 bits per heavy atom. The molecular formula is C20H16F3N3O3. The number of benzene rings is 2. The largest absolute Gasteiger partial charge is 0.477 e. The highest BCUT2D eigenvalue weighted by Gasteiger charge is 2.30. The number of aromatic carboxylic acids is 1. The number of hydrogen-bond acceptors (Lipinski definition) is 3. The number of urea groups is 1. The third-order valence-corrected chi connectivity index (χ3v) is 4.15. The Balaban J connectivity index is 1.56. The zero-order valence-electron chi connectivity index (χ0n) is 15.0. The van der Waals surface area contributed by atoms with Crippen molar-refractivity contribution in [2.75, 3.05) is 11.9 Å². The number of carbonyl (C=O) groups is 2. The van der Waals surface area contributed by atoms with Crippen molar-refractivity contribution in [3.63, 3.8) is 0 Å². The molecule has 0 saturated heterocycles. The van der Waals surface area contributed by atoms with Crippen LogP contribution in [0.4, 0.5) is 23.7 Å². The van der Waals surface area contributed by atoms with E-state index in [0.717, 1.165) is 28.5 Å². The molecule has 3 N–H and O–H groups in total. The number of hydrogen-bond donors (Lipinski definition) is 3. The number of carbonyl (C=O) groups excluding carboxylic acids is 1. The van der Waals surface area contributed by atoms with E-state index in [0.29, 0.717) is 6.42 Å². The van der Waals surface area contributed by atoms with Gasteiger partial charge in [0.1, 0.15) is 5.69 Å². The summed E-state index contributed by atoms with van der Waals surface area (Å²) in [5.41, 5.74) is 0.0504. The number of fused-ring (bicyclic) bond motifs is 1. The summed E-state index contributed by atoms with van der Waals surface area (Å²) in [6.45, 7) is 0.261. The third kappa shape index (κ3) is 5.22. The molecule has 0 radical (unpaired) electrons. The maximum atomic E-state index is 12.7. The molecule has 2 aromatic carbocycles. The van der Waals surface area contributed by atoms with Crippen LogP contribution >= 0.6 is 0 Å². The highest BCUT2D eigenvalue weighted by molar-refractivity contribution is 5.92. The molecule has 3 rings (SSSR count). The monoisotopic (exact) mass is 403 g/mol. The Bertz CT molecular complexity index is 1070. The van der Waals surface area contributed by atoms with Gasteiger partial charge in [-0.3, -0.25) is 0 Å². The first-order chi connectivity index (χ1) is 13.7. The minimum absolute atomic E-state index is 0.0434. The number of rotatable bonds is 5. The zero-order valence-corrected chi connectivity index (χ0v) is 15.0. The number of halogens is 3. The minimum Gasteiger partial charge on any atom is -0.477 e. The average Bonchev–Trinajstić information content (AvgIpc) is 2.67. The Morgan fingerprint density at radius 3 is 2.55 bits per heavy atom. The zero-order chi connectivity index (χ0) is 21.0. The predicted molar refractivity (Wildman–Crippen MR) is 101 cm³/mol. The number of alkyl halides is 3. The second-order valence-electron chi connectivity index (χ2n) is 6.27. The molecule has 0 atom stereocenters. The second-order valence-corrected chi connectivity index (χ2v) is 6.27. The fourth-order valence-corrected chi connectivity index (χ4v) is 2.73. The molecule has 0 saturated carbocycles. The van der Waals surface area contributed by atoms with Crippen LogP contribution in [0.1, 0.15) is 21.6 Å². The van der Waals surface area contributed by atoms with Crippen LogP contribution in [0.3, 0.4) is 0 Å². The third-order valence-electron chi connectivity index (χ3n) is 4.15. The number of anilines is 1. The molecule has 1 heterocycles. The SMILES string of the molecule is O=C(NCCc1ccc2cc(C(=O)O)ncc2c1)Nc1cccc(C(F)(F)F)c1. The maximum Gasteiger partial charge on any atom is 0.416 e. The van der Waals surface area contributed by atoms with Gasteiger partial charge in [-0.15, -0.1) is 0 Å². The predicted octanol–water partition coefficient (Wildman–Crippen LogP) is 4.32.